The lowest BCUT2D eigenvalue weighted by molar-refractivity contribution is -0.0144. The summed E-state index contributed by atoms with van der Waals surface area (Å²) in [4.78, 5) is 0. The van der Waals surface area contributed by atoms with E-state index in [4.69, 9.17) is 9.26 Å². The highest BCUT2D eigenvalue weighted by Crippen LogP contribution is 2.28. The summed E-state index contributed by atoms with van der Waals surface area (Å²) in [5, 5.41) is 6.96. The number of rotatable bonds is 4. The first kappa shape index (κ1) is 10.6. The maximum atomic E-state index is 5.86. The van der Waals surface area contributed by atoms with Gasteiger partial charge in [0.2, 0.25) is 0 Å². The Hall–Kier alpha value is -0.870. The van der Waals surface area contributed by atoms with Crippen LogP contribution in [0.2, 0.25) is 0 Å². The van der Waals surface area contributed by atoms with E-state index in [0.29, 0.717) is 6.10 Å². The minimum absolute atomic E-state index is 0.0542. The van der Waals surface area contributed by atoms with Crippen LogP contribution in [0.3, 0.4) is 0 Å². The van der Waals surface area contributed by atoms with Gasteiger partial charge in [0.05, 0.1) is 24.4 Å². The molecule has 1 aliphatic heterocycles. The summed E-state index contributed by atoms with van der Waals surface area (Å²) in [6, 6.07) is 1.87. The number of nitrogens with one attached hydrogen (secondary N) is 1. The molecule has 1 unspecified atom stereocenters. The minimum Gasteiger partial charge on any atom is -0.371 e. The van der Waals surface area contributed by atoms with Crippen LogP contribution in [0.1, 0.15) is 32.4 Å². The summed E-state index contributed by atoms with van der Waals surface area (Å²) >= 11 is 0. The fraction of sp³-hybridized carbons (Fsp3) is 0.727. The van der Waals surface area contributed by atoms with E-state index >= 15 is 0 Å². The molecular formula is C11H18N2O2. The molecule has 0 spiro atoms. The van der Waals surface area contributed by atoms with Gasteiger partial charge in [-0.1, -0.05) is 5.16 Å². The van der Waals surface area contributed by atoms with Crippen molar-refractivity contribution in [1.29, 1.82) is 0 Å². The highest BCUT2D eigenvalue weighted by molar-refractivity contribution is 4.92. The van der Waals surface area contributed by atoms with Crippen molar-refractivity contribution in [3.05, 3.63) is 18.0 Å². The van der Waals surface area contributed by atoms with Gasteiger partial charge in [0.15, 0.2) is 0 Å². The van der Waals surface area contributed by atoms with E-state index in [1.54, 1.807) is 6.20 Å². The number of aromatic nitrogens is 1. The van der Waals surface area contributed by atoms with Crippen LogP contribution in [0.5, 0.6) is 0 Å². The monoisotopic (exact) mass is 210 g/mol. The predicted octanol–water partition coefficient (Wildman–Crippen LogP) is 1.72. The second kappa shape index (κ2) is 4.33. The molecule has 2 rings (SSSR count). The van der Waals surface area contributed by atoms with E-state index in [-0.39, 0.29) is 5.60 Å². The Labute approximate surface area is 90.0 Å². The Bertz CT molecular complexity index is 296. The highest BCUT2D eigenvalue weighted by Gasteiger charge is 2.31. The first-order valence-electron chi connectivity index (χ1n) is 5.44. The van der Waals surface area contributed by atoms with Gasteiger partial charge in [-0.15, -0.1) is 0 Å². The molecule has 0 bridgehead atoms. The van der Waals surface area contributed by atoms with Crippen molar-refractivity contribution in [2.75, 3.05) is 6.54 Å². The van der Waals surface area contributed by atoms with Crippen molar-refractivity contribution in [1.82, 2.24) is 10.5 Å². The van der Waals surface area contributed by atoms with Gasteiger partial charge in [-0.05, 0) is 26.7 Å². The van der Waals surface area contributed by atoms with Crippen LogP contribution in [-0.4, -0.2) is 23.4 Å². The van der Waals surface area contributed by atoms with Crippen LogP contribution in [0.4, 0.5) is 0 Å². The van der Waals surface area contributed by atoms with Crippen LogP contribution >= 0.6 is 0 Å². The fourth-order valence-electron chi connectivity index (χ4n) is 1.91. The van der Waals surface area contributed by atoms with E-state index < -0.39 is 0 Å². The molecular weight excluding hydrogens is 192 g/mol. The Kier molecular flexibility index (Phi) is 3.07. The van der Waals surface area contributed by atoms with E-state index in [2.05, 4.69) is 24.3 Å². The van der Waals surface area contributed by atoms with E-state index in [1.165, 1.54) is 0 Å². The molecule has 4 nitrogen and oxygen atoms in total. The van der Waals surface area contributed by atoms with Crippen molar-refractivity contribution in [2.24, 2.45) is 0 Å². The molecule has 1 N–H and O–H groups in total. The van der Waals surface area contributed by atoms with Crippen LogP contribution in [0, 0.1) is 0 Å². The molecule has 0 radical (unpaired) electrons. The summed E-state index contributed by atoms with van der Waals surface area (Å²) in [7, 11) is 0. The van der Waals surface area contributed by atoms with Crippen LogP contribution in [0.15, 0.2) is 16.8 Å². The third-order valence-corrected chi connectivity index (χ3v) is 2.72. The number of hydrogen-bond donors (Lipinski definition) is 1. The zero-order valence-electron chi connectivity index (χ0n) is 9.32. The number of hydrogen-bond acceptors (Lipinski definition) is 4. The second-order valence-electron chi connectivity index (χ2n) is 4.65. The lowest BCUT2D eigenvalue weighted by Crippen LogP contribution is -2.28. The topological polar surface area (TPSA) is 47.3 Å². The summed E-state index contributed by atoms with van der Waals surface area (Å²) in [6.07, 6.45) is 4.27. The van der Waals surface area contributed by atoms with Crippen molar-refractivity contribution in [3.63, 3.8) is 0 Å². The minimum atomic E-state index is 0.0542. The molecule has 1 aromatic rings. The first-order valence-corrected chi connectivity index (χ1v) is 5.44. The molecule has 1 aliphatic rings. The molecule has 1 aromatic heterocycles. The third-order valence-electron chi connectivity index (χ3n) is 2.72. The van der Waals surface area contributed by atoms with E-state index in [0.717, 1.165) is 31.7 Å². The average molecular weight is 210 g/mol. The normalized spacial score (nSPS) is 24.5. The van der Waals surface area contributed by atoms with Gasteiger partial charge in [0, 0.05) is 12.6 Å². The Morgan fingerprint density at radius 2 is 2.47 bits per heavy atom. The van der Waals surface area contributed by atoms with Gasteiger partial charge < -0.3 is 14.6 Å². The summed E-state index contributed by atoms with van der Waals surface area (Å²) in [5.74, 6) is 0.868. The molecule has 0 aromatic carbocycles. The van der Waals surface area contributed by atoms with Crippen molar-refractivity contribution >= 4 is 0 Å². The van der Waals surface area contributed by atoms with Gasteiger partial charge in [0.25, 0.3) is 0 Å². The number of ether oxygens (including phenoxy) is 1. The zero-order valence-corrected chi connectivity index (χ0v) is 9.32. The Balaban J connectivity index is 1.67. The predicted molar refractivity (Wildman–Crippen MR) is 56.4 cm³/mol. The molecule has 0 aliphatic carbocycles. The van der Waals surface area contributed by atoms with Gasteiger partial charge in [-0.25, -0.2) is 0 Å². The van der Waals surface area contributed by atoms with Gasteiger partial charge in [0.1, 0.15) is 5.76 Å². The van der Waals surface area contributed by atoms with Gasteiger partial charge in [-0.3, -0.25) is 0 Å². The standard InChI is InChI=1S/C11H18N2O2/c1-11(2)5-3-9(14-11)7-12-8-10-4-6-13-15-10/h4,6,9,12H,3,5,7-8H2,1-2H3. The largest absolute Gasteiger partial charge is 0.371 e. The molecule has 15 heavy (non-hydrogen) atoms. The summed E-state index contributed by atoms with van der Waals surface area (Å²) in [5.41, 5.74) is 0.0542. The lowest BCUT2D eigenvalue weighted by atomic mass is 10.1. The van der Waals surface area contributed by atoms with E-state index in [1.807, 2.05) is 6.07 Å². The second-order valence-corrected chi connectivity index (χ2v) is 4.65. The van der Waals surface area contributed by atoms with E-state index in [9.17, 15) is 0 Å². The van der Waals surface area contributed by atoms with Gasteiger partial charge >= 0.3 is 0 Å². The van der Waals surface area contributed by atoms with Crippen molar-refractivity contribution in [3.8, 4) is 0 Å². The fourth-order valence-corrected chi connectivity index (χ4v) is 1.91. The first-order chi connectivity index (χ1) is 7.16. The van der Waals surface area contributed by atoms with Crippen LogP contribution in [-0.2, 0) is 11.3 Å². The maximum Gasteiger partial charge on any atom is 0.150 e. The Morgan fingerprint density at radius 1 is 1.60 bits per heavy atom. The van der Waals surface area contributed by atoms with Crippen molar-refractivity contribution in [2.45, 2.75) is 44.9 Å². The SMILES string of the molecule is CC1(C)CCC(CNCc2ccno2)O1. The molecule has 4 heteroatoms. The Morgan fingerprint density at radius 3 is 3.07 bits per heavy atom. The molecule has 1 fully saturated rings. The molecule has 0 amide bonds. The lowest BCUT2D eigenvalue weighted by Gasteiger charge is -2.19. The molecule has 0 saturated carbocycles. The quantitative estimate of drug-likeness (QED) is 0.822. The number of nitrogens with zero attached hydrogens (tertiary/aromatic N) is 1. The van der Waals surface area contributed by atoms with Gasteiger partial charge in [-0.2, -0.15) is 0 Å². The summed E-state index contributed by atoms with van der Waals surface area (Å²) < 4.78 is 10.8. The van der Waals surface area contributed by atoms with Crippen LogP contribution < -0.4 is 5.32 Å². The highest BCUT2D eigenvalue weighted by atomic mass is 16.5. The third kappa shape index (κ3) is 3.04. The maximum absolute atomic E-state index is 5.86. The summed E-state index contributed by atoms with van der Waals surface area (Å²) in [6.45, 7) is 5.89. The zero-order chi connectivity index (χ0) is 10.7. The smallest absolute Gasteiger partial charge is 0.150 e. The molecule has 84 valence electrons. The van der Waals surface area contributed by atoms with Crippen molar-refractivity contribution < 1.29 is 9.26 Å². The average Bonchev–Trinajstić information content (AvgIpc) is 2.76. The molecule has 1 atom stereocenters. The molecule has 2 heterocycles. The van der Waals surface area contributed by atoms with Crippen LogP contribution in [0.25, 0.3) is 0 Å². The molecule has 1 saturated heterocycles.